The number of likely N-dealkylation sites (N-methyl/N-ethyl adjacent to an activating group) is 1. The van der Waals surface area contributed by atoms with E-state index < -0.39 is 36.5 Å². The number of benzene rings is 3. The van der Waals surface area contributed by atoms with Gasteiger partial charge in [0.15, 0.2) is 0 Å². The van der Waals surface area contributed by atoms with Gasteiger partial charge in [0, 0.05) is 24.2 Å². The van der Waals surface area contributed by atoms with Crippen molar-refractivity contribution in [3.63, 3.8) is 0 Å². The Kier molecular flexibility index (Phi) is 10.0. The monoisotopic (exact) mass is 701 g/mol. The Hall–Kier alpha value is -3.63. The fourth-order valence-electron chi connectivity index (χ4n) is 7.95. The van der Waals surface area contributed by atoms with Gasteiger partial charge in [0.25, 0.3) is 5.91 Å². The molecule has 256 valence electrons. The predicted molar refractivity (Wildman–Crippen MR) is 194 cm³/mol. The van der Waals surface area contributed by atoms with Crippen LogP contribution < -0.4 is 15.5 Å². The molecular formula is C38H42BCl2N3O5. The molecule has 11 heteroatoms. The predicted octanol–water partition coefficient (Wildman–Crippen LogP) is 6.48. The van der Waals surface area contributed by atoms with Crippen molar-refractivity contribution in [3.8, 4) is 0 Å². The molecule has 3 saturated carbocycles. The van der Waals surface area contributed by atoms with Crippen molar-refractivity contribution in [1.82, 2.24) is 10.6 Å². The number of anilines is 1. The molecule has 7 rings (SSSR count). The first kappa shape index (κ1) is 35.2. The molecule has 0 aromatic heterocycles. The number of rotatable bonds is 11. The van der Waals surface area contributed by atoms with Gasteiger partial charge < -0.3 is 24.8 Å². The third kappa shape index (κ3) is 7.04. The third-order valence-electron chi connectivity index (χ3n) is 11.0. The number of hydrogen-bond acceptors (Lipinski definition) is 5. The summed E-state index contributed by atoms with van der Waals surface area (Å²) >= 11 is 12.6. The van der Waals surface area contributed by atoms with Crippen molar-refractivity contribution in [2.24, 2.45) is 17.3 Å². The summed E-state index contributed by atoms with van der Waals surface area (Å²) < 4.78 is 13.5. The third-order valence-corrected chi connectivity index (χ3v) is 11.5. The smallest absolute Gasteiger partial charge is 0.404 e. The standard InChI is InChI=1S/C38H42BCl2N3O5/c1-6-34(45)44(5)27-14-10-13-24(17-27)18-30(42-35(46)28-22-26(40)15-16-29(28)41)36(47)43-33(19-23-11-8-7-9-12-23)39-48-32-21-25-20-31(37(25,2)3)38(32,4)49-39/h6-17,22,25,30-33H,1,18-21H2,2-5H3,(H,42,46)(H,43,47)/t25-,30?,31-,32+,33-,38-/m0/s1. The highest BCUT2D eigenvalue weighted by molar-refractivity contribution is 6.48. The Bertz CT molecular complexity index is 1760. The molecule has 6 atom stereocenters. The summed E-state index contributed by atoms with van der Waals surface area (Å²) in [6, 6.07) is 20.7. The van der Waals surface area contributed by atoms with Crippen LogP contribution in [0.15, 0.2) is 85.5 Å². The summed E-state index contributed by atoms with van der Waals surface area (Å²) in [4.78, 5) is 41.8. The largest absolute Gasteiger partial charge is 0.482 e. The molecule has 1 unspecified atom stereocenters. The van der Waals surface area contributed by atoms with Crippen molar-refractivity contribution in [1.29, 1.82) is 0 Å². The summed E-state index contributed by atoms with van der Waals surface area (Å²) in [6.45, 7) is 10.4. The zero-order valence-corrected chi connectivity index (χ0v) is 29.8. The molecular weight excluding hydrogens is 660 g/mol. The van der Waals surface area contributed by atoms with Crippen LogP contribution in [0.3, 0.4) is 0 Å². The first-order valence-corrected chi connectivity index (χ1v) is 17.5. The van der Waals surface area contributed by atoms with Crippen molar-refractivity contribution in [2.75, 3.05) is 11.9 Å². The van der Waals surface area contributed by atoms with Crippen molar-refractivity contribution in [3.05, 3.63) is 112 Å². The average Bonchev–Trinajstić information content (AvgIpc) is 3.45. The Balaban J connectivity index is 1.29. The summed E-state index contributed by atoms with van der Waals surface area (Å²) in [5, 5.41) is 6.66. The van der Waals surface area contributed by atoms with Crippen molar-refractivity contribution >= 4 is 53.7 Å². The quantitative estimate of drug-likeness (QED) is 0.176. The lowest BCUT2D eigenvalue weighted by Crippen LogP contribution is -2.65. The van der Waals surface area contributed by atoms with Gasteiger partial charge >= 0.3 is 7.12 Å². The van der Waals surface area contributed by atoms with Crippen LogP contribution in [-0.2, 0) is 31.7 Å². The van der Waals surface area contributed by atoms with E-state index in [9.17, 15) is 14.4 Å². The maximum atomic E-state index is 14.4. The topological polar surface area (TPSA) is 97.0 Å². The van der Waals surface area contributed by atoms with Crippen LogP contribution in [0.4, 0.5) is 5.69 Å². The minimum Gasteiger partial charge on any atom is -0.404 e. The van der Waals surface area contributed by atoms with E-state index in [1.165, 1.54) is 17.0 Å². The molecule has 0 radical (unpaired) electrons. The Morgan fingerprint density at radius 1 is 0.980 bits per heavy atom. The lowest BCUT2D eigenvalue weighted by Gasteiger charge is -2.64. The molecule has 3 aromatic rings. The van der Waals surface area contributed by atoms with Crippen molar-refractivity contribution in [2.45, 2.75) is 70.1 Å². The number of amides is 3. The van der Waals surface area contributed by atoms with Crippen LogP contribution in [0.25, 0.3) is 0 Å². The van der Waals surface area contributed by atoms with Crippen LogP contribution in [0.5, 0.6) is 0 Å². The van der Waals surface area contributed by atoms with Crippen LogP contribution >= 0.6 is 23.2 Å². The lowest BCUT2D eigenvalue weighted by atomic mass is 9.43. The van der Waals surface area contributed by atoms with E-state index in [1.807, 2.05) is 42.5 Å². The molecule has 1 saturated heterocycles. The molecule has 3 aromatic carbocycles. The summed E-state index contributed by atoms with van der Waals surface area (Å²) in [6.07, 6.45) is 3.78. The molecule has 3 amide bonds. The van der Waals surface area contributed by atoms with Crippen LogP contribution in [0.2, 0.25) is 10.0 Å². The zero-order valence-electron chi connectivity index (χ0n) is 28.2. The molecule has 1 heterocycles. The molecule has 49 heavy (non-hydrogen) atoms. The average molecular weight is 702 g/mol. The number of hydrogen-bond donors (Lipinski definition) is 2. The van der Waals surface area contributed by atoms with Gasteiger partial charge in [-0.2, -0.15) is 0 Å². The number of carbonyl (C=O) groups excluding carboxylic acids is 3. The number of nitrogens with one attached hydrogen (secondary N) is 2. The van der Waals surface area contributed by atoms with E-state index in [0.717, 1.165) is 24.0 Å². The Labute approximate surface area is 298 Å². The van der Waals surface area contributed by atoms with E-state index >= 15 is 0 Å². The zero-order chi connectivity index (χ0) is 35.1. The molecule has 2 N–H and O–H groups in total. The molecule has 1 aliphatic heterocycles. The SMILES string of the molecule is C=CC(=O)N(C)c1cccc(CC(NC(=O)c2cc(Cl)ccc2Cl)C(=O)N[C@@H](Cc2ccccc2)B2O[C@@H]3C[C@@H]4C[C@@H](C4(C)C)[C@]3(C)O2)c1. The number of nitrogens with zero attached hydrogens (tertiary/aromatic N) is 1. The second kappa shape index (κ2) is 13.9. The number of halogens is 2. The van der Waals surface area contributed by atoms with Gasteiger partial charge in [0.1, 0.15) is 6.04 Å². The van der Waals surface area contributed by atoms with Crippen molar-refractivity contribution < 1.29 is 23.7 Å². The van der Waals surface area contributed by atoms with Crippen LogP contribution in [0.1, 0.15) is 55.1 Å². The van der Waals surface area contributed by atoms with Gasteiger partial charge in [-0.15, -0.1) is 0 Å². The lowest BCUT2D eigenvalue weighted by molar-refractivity contribution is -0.199. The summed E-state index contributed by atoms with van der Waals surface area (Å²) in [7, 11) is 0.963. The molecule has 4 aliphatic rings. The van der Waals surface area contributed by atoms with Crippen LogP contribution in [-0.4, -0.2) is 55.6 Å². The first-order chi connectivity index (χ1) is 23.3. The minimum absolute atomic E-state index is 0.0667. The van der Waals surface area contributed by atoms with E-state index in [-0.39, 0.29) is 34.4 Å². The maximum Gasteiger partial charge on any atom is 0.482 e. The highest BCUT2D eigenvalue weighted by Gasteiger charge is 2.68. The summed E-state index contributed by atoms with van der Waals surface area (Å²) in [5.41, 5.74) is 2.22. The highest BCUT2D eigenvalue weighted by Crippen LogP contribution is 2.65. The van der Waals surface area contributed by atoms with Gasteiger partial charge in [0.05, 0.1) is 28.2 Å². The maximum absolute atomic E-state index is 14.4. The van der Waals surface area contributed by atoms with E-state index in [1.54, 1.807) is 31.3 Å². The van der Waals surface area contributed by atoms with Gasteiger partial charge in [-0.25, -0.2) is 0 Å². The van der Waals surface area contributed by atoms with E-state index in [4.69, 9.17) is 32.5 Å². The Morgan fingerprint density at radius 2 is 1.71 bits per heavy atom. The molecule has 0 spiro atoms. The van der Waals surface area contributed by atoms with Gasteiger partial charge in [0.2, 0.25) is 11.8 Å². The minimum atomic E-state index is -1.03. The summed E-state index contributed by atoms with van der Waals surface area (Å²) in [5.74, 6) is -0.842. The normalized spacial score (nSPS) is 24.5. The highest BCUT2D eigenvalue weighted by atomic mass is 35.5. The molecule has 4 fully saturated rings. The fourth-order valence-corrected chi connectivity index (χ4v) is 8.32. The molecule has 3 aliphatic carbocycles. The fraction of sp³-hybridized carbons (Fsp3) is 0.395. The van der Waals surface area contributed by atoms with Gasteiger partial charge in [-0.05, 0) is 91.0 Å². The van der Waals surface area contributed by atoms with Gasteiger partial charge in [-0.1, -0.05) is 86.1 Å². The first-order valence-electron chi connectivity index (χ1n) is 16.7. The second-order valence-electron chi connectivity index (χ2n) is 14.3. The van der Waals surface area contributed by atoms with Gasteiger partial charge in [-0.3, -0.25) is 14.4 Å². The molecule has 2 bridgehead atoms. The second-order valence-corrected chi connectivity index (χ2v) is 15.1. The number of carbonyl (C=O) groups is 3. The molecule has 8 nitrogen and oxygen atoms in total. The van der Waals surface area contributed by atoms with E-state index in [0.29, 0.717) is 29.0 Å². The van der Waals surface area contributed by atoms with E-state index in [2.05, 4.69) is 38.0 Å². The Morgan fingerprint density at radius 3 is 2.43 bits per heavy atom. The van der Waals surface area contributed by atoms with Crippen LogP contribution in [0, 0.1) is 17.3 Å².